The van der Waals surface area contributed by atoms with E-state index in [1.54, 1.807) is 10.8 Å². The van der Waals surface area contributed by atoms with Gasteiger partial charge in [0.05, 0.1) is 42.6 Å². The molecule has 0 bridgehead atoms. The van der Waals surface area contributed by atoms with Crippen molar-refractivity contribution in [3.05, 3.63) is 103 Å². The summed E-state index contributed by atoms with van der Waals surface area (Å²) in [4.78, 5) is 16.6. The lowest BCUT2D eigenvalue weighted by Gasteiger charge is -2.19. The molecule has 60 heavy (non-hydrogen) atoms. The number of nitrogens with zero attached hydrogens (tertiary/aromatic N) is 4. The molecule has 0 saturated heterocycles. The molecule has 8 N–H and O–H groups in total. The van der Waals surface area contributed by atoms with Crippen LogP contribution in [0, 0.1) is 0 Å². The van der Waals surface area contributed by atoms with E-state index in [4.69, 9.17) is 38.9 Å². The first-order valence-electron chi connectivity index (χ1n) is 17.9. The van der Waals surface area contributed by atoms with Crippen LogP contribution in [0.3, 0.4) is 0 Å². The molecule has 0 spiro atoms. The predicted molar refractivity (Wildman–Crippen MR) is 229 cm³/mol. The maximum atomic E-state index is 13.4. The summed E-state index contributed by atoms with van der Waals surface area (Å²) in [5.41, 5.74) is 15.4. The SMILES string of the molecule is CC.Nc1csc(-c2nc(Nc3cc4c(cc3Cl)CNCC4)ncc2C(F)(F)F)c1.Nc1csc(-c2nc(Nc3cc4c(cc3Cl)CNCC4)ncc2C(F)(F)F)c1.O=S. The van der Waals surface area contributed by atoms with Crippen LogP contribution in [-0.4, -0.2) is 37.2 Å². The van der Waals surface area contributed by atoms with Gasteiger partial charge in [-0.05, 0) is 84.6 Å². The molecule has 2 aromatic carbocycles. The van der Waals surface area contributed by atoms with E-state index < -0.39 is 23.5 Å². The van der Waals surface area contributed by atoms with E-state index in [-0.39, 0.29) is 23.3 Å². The quantitative estimate of drug-likeness (QED) is 0.0876. The second kappa shape index (κ2) is 20.2. The van der Waals surface area contributed by atoms with Crippen molar-refractivity contribution in [3.8, 4) is 21.1 Å². The highest BCUT2D eigenvalue weighted by Crippen LogP contribution is 2.41. The lowest BCUT2D eigenvalue weighted by Crippen LogP contribution is -2.23. The van der Waals surface area contributed by atoms with E-state index in [1.165, 1.54) is 12.1 Å². The third kappa shape index (κ3) is 11.4. The third-order valence-corrected chi connectivity index (χ3v) is 11.3. The highest BCUT2D eigenvalue weighted by Gasteiger charge is 2.37. The first-order chi connectivity index (χ1) is 28.6. The monoisotopic (exact) mass is 928 g/mol. The van der Waals surface area contributed by atoms with E-state index >= 15 is 0 Å². The van der Waals surface area contributed by atoms with Gasteiger partial charge in [-0.2, -0.15) is 30.6 Å². The third-order valence-electron chi connectivity index (χ3n) is 8.74. The number of anilines is 6. The van der Waals surface area contributed by atoms with Crippen molar-refractivity contribution < 1.29 is 30.6 Å². The number of benzene rings is 2. The Balaban J connectivity index is 0.000000210. The van der Waals surface area contributed by atoms with Gasteiger partial charge in [-0.15, -0.1) is 22.7 Å². The van der Waals surface area contributed by atoms with Crippen LogP contribution in [0.25, 0.3) is 21.1 Å². The van der Waals surface area contributed by atoms with Gasteiger partial charge < -0.3 is 32.7 Å². The molecule has 2 aliphatic heterocycles. The summed E-state index contributed by atoms with van der Waals surface area (Å²) in [5.74, 6) is 0.0662. The van der Waals surface area contributed by atoms with Gasteiger partial charge in [0.2, 0.25) is 11.9 Å². The van der Waals surface area contributed by atoms with E-state index in [0.717, 1.165) is 96.3 Å². The molecule has 0 radical (unpaired) electrons. The summed E-state index contributed by atoms with van der Waals surface area (Å²) < 4.78 is 88.2. The molecule has 22 heteroatoms. The number of aromatic nitrogens is 4. The smallest absolute Gasteiger partial charge is 0.398 e. The zero-order valence-corrected chi connectivity index (χ0v) is 35.6. The predicted octanol–water partition coefficient (Wildman–Crippen LogP) is 10.4. The van der Waals surface area contributed by atoms with Crippen LogP contribution < -0.4 is 32.7 Å². The number of nitrogen functional groups attached to an aromatic ring is 2. The van der Waals surface area contributed by atoms with Crippen molar-refractivity contribution in [1.82, 2.24) is 30.6 Å². The first-order valence-corrected chi connectivity index (χ1v) is 20.8. The Hall–Kier alpha value is -4.70. The van der Waals surface area contributed by atoms with Gasteiger partial charge in [0.25, 0.3) is 0 Å². The highest BCUT2D eigenvalue weighted by molar-refractivity contribution is 7.44. The van der Waals surface area contributed by atoms with Crippen LogP contribution in [0.4, 0.5) is 61.0 Å². The normalized spacial score (nSPS) is 13.2. The Morgan fingerprint density at radius 3 is 1.37 bits per heavy atom. The Labute approximate surface area is 363 Å². The van der Waals surface area contributed by atoms with Crippen molar-refractivity contribution in [2.75, 3.05) is 35.2 Å². The number of rotatable bonds is 6. The second-order valence-electron chi connectivity index (χ2n) is 12.7. The lowest BCUT2D eigenvalue weighted by atomic mass is 10.0. The summed E-state index contributed by atoms with van der Waals surface area (Å²) >= 11 is 17.7. The Morgan fingerprint density at radius 2 is 1.03 bits per heavy atom. The van der Waals surface area contributed by atoms with Crippen LogP contribution in [0.2, 0.25) is 10.0 Å². The molecule has 0 fully saturated rings. The summed E-state index contributed by atoms with van der Waals surface area (Å²) in [6.45, 7) is 7.18. The first kappa shape index (κ1) is 46.4. The number of thiophene rings is 2. The van der Waals surface area contributed by atoms with Crippen LogP contribution in [0.1, 0.15) is 47.2 Å². The van der Waals surface area contributed by atoms with Gasteiger partial charge in [0.1, 0.15) is 11.1 Å². The van der Waals surface area contributed by atoms with Gasteiger partial charge in [-0.25, -0.2) is 19.9 Å². The largest absolute Gasteiger partial charge is 0.420 e. The number of fused-ring (bicyclic) bond motifs is 2. The molecule has 0 unspecified atom stereocenters. The number of alkyl halides is 6. The van der Waals surface area contributed by atoms with Crippen LogP contribution in [-0.2, 0) is 50.8 Å². The minimum absolute atomic E-state index is 0.0331. The standard InChI is InChI=1S/2C18H15ClF3N5S.C2H6.OS/c2*19-13-3-10-6-24-2-1-9(10)4-14(13)26-17-25-7-12(18(20,21)22)16(27-17)15-5-11(23)8-28-15;2*1-2/h2*3-5,7-8,24H,1-2,6,23H2,(H,25,26,27);1-2H3;. The van der Waals surface area contributed by atoms with Crippen LogP contribution >= 0.6 is 45.9 Å². The van der Waals surface area contributed by atoms with E-state index in [1.807, 2.05) is 38.1 Å². The molecule has 0 aliphatic carbocycles. The molecule has 11 nitrogen and oxygen atoms in total. The fraction of sp³-hybridized carbons (Fsp3) is 0.263. The van der Waals surface area contributed by atoms with E-state index in [9.17, 15) is 26.3 Å². The zero-order valence-electron chi connectivity index (χ0n) is 31.6. The molecule has 0 atom stereocenters. The lowest BCUT2D eigenvalue weighted by molar-refractivity contribution is -0.138. The maximum Gasteiger partial charge on any atom is 0.420 e. The number of hydrogen-bond donors (Lipinski definition) is 6. The second-order valence-corrected chi connectivity index (χ2v) is 15.3. The van der Waals surface area contributed by atoms with E-state index in [0.29, 0.717) is 42.5 Å². The highest BCUT2D eigenvalue weighted by atomic mass is 35.5. The van der Waals surface area contributed by atoms with Gasteiger partial charge in [0.15, 0.2) is 12.5 Å². The fourth-order valence-corrected chi connectivity index (χ4v) is 8.13. The molecule has 6 heterocycles. The molecular weight excluding hydrogens is 894 g/mol. The molecule has 318 valence electrons. The number of hydrogen-bond acceptors (Lipinski definition) is 14. The minimum Gasteiger partial charge on any atom is -0.398 e. The molecule has 2 aliphatic rings. The summed E-state index contributed by atoms with van der Waals surface area (Å²) in [7, 11) is 0. The van der Waals surface area contributed by atoms with Gasteiger partial charge in [0, 0.05) is 47.6 Å². The Morgan fingerprint density at radius 1 is 0.650 bits per heavy atom. The Bertz CT molecular complexity index is 2270. The molecule has 8 rings (SSSR count). The van der Waals surface area contributed by atoms with Crippen molar-refractivity contribution in [1.29, 1.82) is 0 Å². The van der Waals surface area contributed by atoms with E-state index in [2.05, 4.69) is 53.7 Å². The molecule has 0 amide bonds. The van der Waals surface area contributed by atoms with Gasteiger partial charge >= 0.3 is 12.4 Å². The zero-order chi connectivity index (χ0) is 43.8. The summed E-state index contributed by atoms with van der Waals surface area (Å²) in [5, 5.41) is 16.5. The molecule has 6 aromatic rings. The number of nitrogens with one attached hydrogen (secondary N) is 4. The summed E-state index contributed by atoms with van der Waals surface area (Å²) in [6, 6.07) is 10.4. The number of halogens is 8. The summed E-state index contributed by atoms with van der Waals surface area (Å²) in [6.07, 6.45) is -5.93. The van der Waals surface area contributed by atoms with Gasteiger partial charge in [-0.3, -0.25) is 0 Å². The Kier molecular flexibility index (Phi) is 15.6. The molecule has 0 saturated carbocycles. The molecular formula is C38H36Cl2F6N10OS3. The fourth-order valence-electron chi connectivity index (χ4n) is 6.06. The maximum absolute atomic E-state index is 13.4. The van der Waals surface area contributed by atoms with Gasteiger partial charge in [-0.1, -0.05) is 37.0 Å². The number of nitrogens with two attached hydrogens (primary N) is 2. The minimum atomic E-state index is -4.58. The topological polar surface area (TPSA) is 169 Å². The van der Waals surface area contributed by atoms with Crippen molar-refractivity contribution in [3.63, 3.8) is 0 Å². The van der Waals surface area contributed by atoms with Crippen LogP contribution in [0.15, 0.2) is 59.6 Å². The average Bonchev–Trinajstić information content (AvgIpc) is 3.87. The average molecular weight is 930 g/mol. The van der Waals surface area contributed by atoms with Crippen molar-refractivity contribution in [2.24, 2.45) is 0 Å². The van der Waals surface area contributed by atoms with Crippen molar-refractivity contribution in [2.45, 2.75) is 52.1 Å². The van der Waals surface area contributed by atoms with Crippen molar-refractivity contribution >= 4 is 93.1 Å². The van der Waals surface area contributed by atoms with Crippen LogP contribution in [0.5, 0.6) is 0 Å². The molecule has 4 aromatic heterocycles.